The first-order valence-electron chi connectivity index (χ1n) is 8.42. The predicted octanol–water partition coefficient (Wildman–Crippen LogP) is 2.45. The monoisotopic (exact) mass is 330 g/mol. The van der Waals surface area contributed by atoms with Crippen molar-refractivity contribution in [3.05, 3.63) is 43.8 Å². The van der Waals surface area contributed by atoms with Gasteiger partial charge in [0.2, 0.25) is 0 Å². The fourth-order valence-electron chi connectivity index (χ4n) is 3.67. The summed E-state index contributed by atoms with van der Waals surface area (Å²) in [6.45, 7) is 2.65. The fourth-order valence-corrected chi connectivity index (χ4v) is 4.65. The summed E-state index contributed by atoms with van der Waals surface area (Å²) in [6, 6.07) is 1.74. The van der Waals surface area contributed by atoms with Gasteiger partial charge in [-0.25, -0.2) is 9.67 Å². The van der Waals surface area contributed by atoms with Crippen LogP contribution in [-0.2, 0) is 26.6 Å². The van der Waals surface area contributed by atoms with Crippen LogP contribution < -0.4 is 5.56 Å². The minimum Gasteiger partial charge on any atom is -0.293 e. The van der Waals surface area contributed by atoms with Gasteiger partial charge in [0.1, 0.15) is 0 Å². The summed E-state index contributed by atoms with van der Waals surface area (Å²) >= 11 is 1.82. The average molecular weight is 330 g/mol. The molecule has 4 rings (SSSR count). The highest BCUT2D eigenvalue weighted by Gasteiger charge is 2.22. The summed E-state index contributed by atoms with van der Waals surface area (Å²) in [5.41, 5.74) is 3.29. The smallest absolute Gasteiger partial charge is 0.266 e. The molecule has 0 amide bonds. The molecule has 0 unspecified atom stereocenters. The van der Waals surface area contributed by atoms with Gasteiger partial charge >= 0.3 is 0 Å². The quantitative estimate of drug-likeness (QED) is 0.867. The number of hydrogen-bond donors (Lipinski definition) is 0. The fraction of sp³-hybridized carbons (Fsp3) is 0.588. The summed E-state index contributed by atoms with van der Waals surface area (Å²) in [5, 5.41) is 7.91. The van der Waals surface area contributed by atoms with E-state index in [1.165, 1.54) is 41.1 Å². The molecule has 3 heterocycles. The Kier molecular flexibility index (Phi) is 4.03. The van der Waals surface area contributed by atoms with Crippen LogP contribution >= 0.6 is 11.3 Å². The van der Waals surface area contributed by atoms with E-state index in [4.69, 9.17) is 4.98 Å². The Hall–Kier alpha value is -1.53. The number of thiazole rings is 1. The Morgan fingerprint density at radius 1 is 1.35 bits per heavy atom. The molecular formula is C17H22N4OS. The average Bonchev–Trinajstić information content (AvgIpc) is 3.20. The molecule has 0 saturated heterocycles. The molecule has 0 radical (unpaired) electrons. The lowest BCUT2D eigenvalue weighted by Gasteiger charge is -2.27. The summed E-state index contributed by atoms with van der Waals surface area (Å²) in [7, 11) is 1.72. The van der Waals surface area contributed by atoms with Crippen LogP contribution in [0.1, 0.15) is 53.6 Å². The Labute approximate surface area is 140 Å². The molecule has 23 heavy (non-hydrogen) atoms. The van der Waals surface area contributed by atoms with Gasteiger partial charge in [0.15, 0.2) is 0 Å². The van der Waals surface area contributed by atoms with Crippen LogP contribution in [0.5, 0.6) is 0 Å². The minimum absolute atomic E-state index is 0.0252. The van der Waals surface area contributed by atoms with Crippen LogP contribution in [0, 0.1) is 0 Å². The number of aryl methyl sites for hydroxylation is 1. The third-order valence-electron chi connectivity index (χ3n) is 4.98. The van der Waals surface area contributed by atoms with Crippen molar-refractivity contribution < 1.29 is 0 Å². The maximum absolute atomic E-state index is 11.8. The van der Waals surface area contributed by atoms with E-state index in [0.717, 1.165) is 37.3 Å². The Morgan fingerprint density at radius 2 is 2.17 bits per heavy atom. The standard InChI is InChI=1S/C17H22N4OS/c1-20-16(22)8-13-9-21(7-6-15(13)19-20)10-14-11-23-17(18-14)12-4-2-3-5-12/h8,11-12H,2-7,9-10H2,1H3. The number of aromatic nitrogens is 3. The van der Waals surface area contributed by atoms with Crippen molar-refractivity contribution in [1.29, 1.82) is 0 Å². The summed E-state index contributed by atoms with van der Waals surface area (Å²) in [5.74, 6) is 0.697. The van der Waals surface area contributed by atoms with Crippen molar-refractivity contribution in [2.75, 3.05) is 6.54 Å². The van der Waals surface area contributed by atoms with Gasteiger partial charge in [-0.15, -0.1) is 11.3 Å². The van der Waals surface area contributed by atoms with Crippen LogP contribution in [0.4, 0.5) is 0 Å². The molecule has 0 spiro atoms. The van der Waals surface area contributed by atoms with Crippen molar-refractivity contribution >= 4 is 11.3 Å². The first kappa shape index (κ1) is 15.0. The molecule has 1 saturated carbocycles. The topological polar surface area (TPSA) is 51.0 Å². The van der Waals surface area contributed by atoms with E-state index >= 15 is 0 Å². The second-order valence-electron chi connectivity index (χ2n) is 6.70. The second kappa shape index (κ2) is 6.17. The Balaban J connectivity index is 1.45. The zero-order valence-electron chi connectivity index (χ0n) is 13.5. The van der Waals surface area contributed by atoms with E-state index in [1.807, 2.05) is 11.3 Å². The van der Waals surface area contributed by atoms with Crippen LogP contribution in [0.3, 0.4) is 0 Å². The second-order valence-corrected chi connectivity index (χ2v) is 7.59. The van der Waals surface area contributed by atoms with Crippen molar-refractivity contribution in [3.8, 4) is 0 Å². The van der Waals surface area contributed by atoms with Gasteiger partial charge in [0, 0.05) is 50.5 Å². The Morgan fingerprint density at radius 3 is 3.00 bits per heavy atom. The number of nitrogens with zero attached hydrogens (tertiary/aromatic N) is 4. The molecule has 2 aromatic heterocycles. The molecule has 0 N–H and O–H groups in total. The molecule has 0 atom stereocenters. The molecule has 1 fully saturated rings. The van der Waals surface area contributed by atoms with Crippen molar-refractivity contribution in [2.45, 2.75) is 51.1 Å². The SMILES string of the molecule is Cn1nc2c(cc1=O)CN(Cc1csc(C3CCCC3)n1)CC2. The molecule has 1 aliphatic carbocycles. The van der Waals surface area contributed by atoms with Crippen molar-refractivity contribution in [1.82, 2.24) is 19.7 Å². The van der Waals surface area contributed by atoms with Crippen LogP contribution in [-0.4, -0.2) is 26.2 Å². The zero-order chi connectivity index (χ0) is 15.8. The molecule has 122 valence electrons. The molecule has 1 aliphatic heterocycles. The largest absolute Gasteiger partial charge is 0.293 e. The van der Waals surface area contributed by atoms with E-state index in [2.05, 4.69) is 15.4 Å². The zero-order valence-corrected chi connectivity index (χ0v) is 14.3. The van der Waals surface area contributed by atoms with Crippen LogP contribution in [0.25, 0.3) is 0 Å². The highest BCUT2D eigenvalue weighted by Crippen LogP contribution is 2.35. The molecule has 5 nitrogen and oxygen atoms in total. The minimum atomic E-state index is -0.0252. The summed E-state index contributed by atoms with van der Waals surface area (Å²) in [4.78, 5) is 19.0. The van der Waals surface area contributed by atoms with Crippen LogP contribution in [0.2, 0.25) is 0 Å². The van der Waals surface area contributed by atoms with E-state index < -0.39 is 0 Å². The number of hydrogen-bond acceptors (Lipinski definition) is 5. The van der Waals surface area contributed by atoms with Gasteiger partial charge in [-0.1, -0.05) is 12.8 Å². The maximum atomic E-state index is 11.8. The molecule has 2 aromatic rings. The van der Waals surface area contributed by atoms with Crippen molar-refractivity contribution in [3.63, 3.8) is 0 Å². The van der Waals surface area contributed by atoms with Crippen LogP contribution in [0.15, 0.2) is 16.2 Å². The number of fused-ring (bicyclic) bond motifs is 1. The van der Waals surface area contributed by atoms with E-state index in [9.17, 15) is 4.79 Å². The van der Waals surface area contributed by atoms with E-state index in [1.54, 1.807) is 13.1 Å². The summed E-state index contributed by atoms with van der Waals surface area (Å²) in [6.07, 6.45) is 6.22. The van der Waals surface area contributed by atoms with Gasteiger partial charge in [-0.3, -0.25) is 9.69 Å². The molecule has 0 aromatic carbocycles. The lowest BCUT2D eigenvalue weighted by atomic mass is 10.1. The van der Waals surface area contributed by atoms with E-state index in [-0.39, 0.29) is 5.56 Å². The molecule has 6 heteroatoms. The lowest BCUT2D eigenvalue weighted by molar-refractivity contribution is 0.239. The molecule has 0 bridgehead atoms. The maximum Gasteiger partial charge on any atom is 0.266 e. The Bertz CT molecular complexity index is 760. The van der Waals surface area contributed by atoms with Gasteiger partial charge in [-0.2, -0.15) is 5.10 Å². The third kappa shape index (κ3) is 3.10. The predicted molar refractivity (Wildman–Crippen MR) is 90.6 cm³/mol. The van der Waals surface area contributed by atoms with Gasteiger partial charge in [-0.05, 0) is 18.4 Å². The highest BCUT2D eigenvalue weighted by molar-refractivity contribution is 7.09. The first-order valence-corrected chi connectivity index (χ1v) is 9.30. The van der Waals surface area contributed by atoms with Gasteiger partial charge in [0.05, 0.1) is 16.4 Å². The first-order chi connectivity index (χ1) is 11.2. The number of rotatable bonds is 3. The molecule has 2 aliphatic rings. The van der Waals surface area contributed by atoms with Gasteiger partial charge < -0.3 is 0 Å². The normalized spacial score (nSPS) is 19.2. The van der Waals surface area contributed by atoms with Crippen molar-refractivity contribution in [2.24, 2.45) is 7.05 Å². The molecular weight excluding hydrogens is 308 g/mol. The lowest BCUT2D eigenvalue weighted by Crippen LogP contribution is -2.34. The highest BCUT2D eigenvalue weighted by atomic mass is 32.1. The van der Waals surface area contributed by atoms with Gasteiger partial charge in [0.25, 0.3) is 5.56 Å². The third-order valence-corrected chi connectivity index (χ3v) is 6.03. The van der Waals surface area contributed by atoms with E-state index in [0.29, 0.717) is 5.92 Å². The summed E-state index contributed by atoms with van der Waals surface area (Å²) < 4.78 is 1.43.